The predicted octanol–water partition coefficient (Wildman–Crippen LogP) is 3.58. The second-order valence-electron chi connectivity index (χ2n) is 5.50. The summed E-state index contributed by atoms with van der Waals surface area (Å²) in [5.74, 6) is -0.236. The van der Waals surface area contributed by atoms with Gasteiger partial charge in [0.2, 0.25) is 5.75 Å². The lowest BCUT2D eigenvalue weighted by molar-refractivity contribution is -0.119. The lowest BCUT2D eigenvalue weighted by Gasteiger charge is -2.16. The molecule has 0 aliphatic rings. The van der Waals surface area contributed by atoms with Gasteiger partial charge in [-0.15, -0.1) is 0 Å². The molecule has 0 atom stereocenters. The number of carbonyl (C=O) groups is 2. The van der Waals surface area contributed by atoms with E-state index in [0.29, 0.717) is 21.7 Å². The minimum atomic E-state index is -0.708. The largest absolute Gasteiger partial charge is 0.493 e. The van der Waals surface area contributed by atoms with Crippen LogP contribution in [0.5, 0.6) is 17.2 Å². The van der Waals surface area contributed by atoms with Gasteiger partial charge in [0.25, 0.3) is 5.91 Å². The van der Waals surface area contributed by atoms with Crippen LogP contribution in [0.2, 0.25) is 0 Å². The maximum Gasteiger partial charge on any atom is 0.340 e. The van der Waals surface area contributed by atoms with Gasteiger partial charge in [0.1, 0.15) is 0 Å². The van der Waals surface area contributed by atoms with E-state index in [-0.39, 0.29) is 11.3 Å². The zero-order valence-corrected chi connectivity index (χ0v) is 17.0. The first-order valence-electron chi connectivity index (χ1n) is 7.93. The number of anilines is 1. The quantitative estimate of drug-likeness (QED) is 0.666. The van der Waals surface area contributed by atoms with E-state index in [1.807, 2.05) is 25.1 Å². The number of halogens is 1. The summed E-state index contributed by atoms with van der Waals surface area (Å²) >= 11 is 3.30. The monoisotopic (exact) mass is 437 g/mol. The van der Waals surface area contributed by atoms with Crippen LogP contribution in [-0.2, 0) is 9.53 Å². The molecule has 0 aliphatic heterocycles. The Balaban J connectivity index is 2.12. The first-order chi connectivity index (χ1) is 12.9. The molecule has 0 radical (unpaired) electrons. The second-order valence-corrected chi connectivity index (χ2v) is 6.29. The summed E-state index contributed by atoms with van der Waals surface area (Å²) in [5, 5.41) is 2.67. The lowest BCUT2D eigenvalue weighted by atomic mass is 10.2. The van der Waals surface area contributed by atoms with Crippen molar-refractivity contribution in [2.45, 2.75) is 6.92 Å². The van der Waals surface area contributed by atoms with E-state index < -0.39 is 18.5 Å². The zero-order valence-electron chi connectivity index (χ0n) is 15.4. The molecule has 7 nitrogen and oxygen atoms in total. The molecule has 0 saturated heterocycles. The number of hydrogen-bond acceptors (Lipinski definition) is 6. The highest BCUT2D eigenvalue weighted by molar-refractivity contribution is 9.10. The molecule has 0 saturated carbocycles. The van der Waals surface area contributed by atoms with Crippen molar-refractivity contribution >= 4 is 33.5 Å². The van der Waals surface area contributed by atoms with Crippen LogP contribution < -0.4 is 19.5 Å². The van der Waals surface area contributed by atoms with Crippen LogP contribution in [0.15, 0.2) is 34.8 Å². The molecule has 0 heterocycles. The Kier molecular flexibility index (Phi) is 7.06. The zero-order chi connectivity index (χ0) is 20.0. The van der Waals surface area contributed by atoms with Gasteiger partial charge in [-0.05, 0) is 46.6 Å². The predicted molar refractivity (Wildman–Crippen MR) is 104 cm³/mol. The van der Waals surface area contributed by atoms with Gasteiger partial charge in [-0.1, -0.05) is 12.1 Å². The van der Waals surface area contributed by atoms with Gasteiger partial charge in [-0.2, -0.15) is 0 Å². The highest BCUT2D eigenvalue weighted by atomic mass is 79.9. The third-order valence-electron chi connectivity index (χ3n) is 3.63. The van der Waals surface area contributed by atoms with Crippen molar-refractivity contribution in [2.24, 2.45) is 0 Å². The Labute approximate surface area is 165 Å². The molecule has 8 heteroatoms. The van der Waals surface area contributed by atoms with Crippen molar-refractivity contribution in [3.05, 3.63) is 45.9 Å². The number of rotatable bonds is 7. The van der Waals surface area contributed by atoms with Crippen LogP contribution in [-0.4, -0.2) is 39.8 Å². The standard InChI is InChI=1S/C19H20BrNO6/c1-11-6-5-7-12(8-11)21-15(22)10-27-19(23)13-9-14(24-2)17(25-3)18(26-4)16(13)20/h5-9H,10H2,1-4H3,(H,21,22). The smallest absolute Gasteiger partial charge is 0.340 e. The number of benzene rings is 2. The summed E-state index contributed by atoms with van der Waals surface area (Å²) in [7, 11) is 4.34. The SMILES string of the molecule is COc1cc(C(=O)OCC(=O)Nc2cccc(C)c2)c(Br)c(OC)c1OC. The fourth-order valence-corrected chi connectivity index (χ4v) is 3.02. The Bertz CT molecular complexity index is 852. The fraction of sp³-hybridized carbons (Fsp3) is 0.263. The number of methoxy groups -OCH3 is 3. The van der Waals surface area contributed by atoms with Gasteiger partial charge in [0.15, 0.2) is 18.1 Å². The van der Waals surface area contributed by atoms with Crippen LogP contribution in [0.3, 0.4) is 0 Å². The Morgan fingerprint density at radius 3 is 2.33 bits per heavy atom. The molecule has 2 aromatic carbocycles. The van der Waals surface area contributed by atoms with Gasteiger partial charge >= 0.3 is 5.97 Å². The number of carbonyl (C=O) groups excluding carboxylic acids is 2. The van der Waals surface area contributed by atoms with Crippen molar-refractivity contribution in [3.63, 3.8) is 0 Å². The lowest BCUT2D eigenvalue weighted by Crippen LogP contribution is -2.21. The Morgan fingerprint density at radius 1 is 1.04 bits per heavy atom. The fourth-order valence-electron chi connectivity index (χ4n) is 2.40. The summed E-state index contributed by atoms with van der Waals surface area (Å²) in [5.41, 5.74) is 1.78. The van der Waals surface area contributed by atoms with E-state index in [9.17, 15) is 9.59 Å². The average molecular weight is 438 g/mol. The van der Waals surface area contributed by atoms with Crippen molar-refractivity contribution < 1.29 is 28.5 Å². The molecule has 2 aromatic rings. The van der Waals surface area contributed by atoms with Gasteiger partial charge < -0.3 is 24.3 Å². The number of nitrogens with one attached hydrogen (secondary N) is 1. The molecule has 27 heavy (non-hydrogen) atoms. The number of ether oxygens (including phenoxy) is 4. The first kappa shape index (κ1) is 20.6. The molecule has 2 rings (SSSR count). The number of hydrogen-bond donors (Lipinski definition) is 1. The highest BCUT2D eigenvalue weighted by Gasteiger charge is 2.24. The molecule has 0 aromatic heterocycles. The molecule has 0 aliphatic carbocycles. The maximum absolute atomic E-state index is 12.4. The van der Waals surface area contributed by atoms with E-state index in [0.717, 1.165) is 5.56 Å². The Hall–Kier alpha value is -2.74. The summed E-state index contributed by atoms with van der Waals surface area (Å²) < 4.78 is 21.2. The first-order valence-corrected chi connectivity index (χ1v) is 8.72. The second kappa shape index (κ2) is 9.27. The summed E-state index contributed by atoms with van der Waals surface area (Å²) in [6.07, 6.45) is 0. The van der Waals surface area contributed by atoms with Crippen molar-refractivity contribution in [1.29, 1.82) is 0 Å². The van der Waals surface area contributed by atoms with Crippen LogP contribution in [0.4, 0.5) is 5.69 Å². The highest BCUT2D eigenvalue weighted by Crippen LogP contribution is 2.44. The van der Waals surface area contributed by atoms with Crippen LogP contribution in [0.1, 0.15) is 15.9 Å². The molecule has 144 valence electrons. The molecule has 0 bridgehead atoms. The van der Waals surface area contributed by atoms with Crippen molar-refractivity contribution in [3.8, 4) is 17.2 Å². The third-order valence-corrected chi connectivity index (χ3v) is 4.41. The van der Waals surface area contributed by atoms with Crippen LogP contribution in [0.25, 0.3) is 0 Å². The third kappa shape index (κ3) is 4.91. The van der Waals surface area contributed by atoms with Crippen molar-refractivity contribution in [2.75, 3.05) is 33.3 Å². The van der Waals surface area contributed by atoms with Crippen molar-refractivity contribution in [1.82, 2.24) is 0 Å². The molecule has 0 unspecified atom stereocenters. The normalized spacial score (nSPS) is 10.1. The molecule has 1 amide bonds. The summed E-state index contributed by atoms with van der Waals surface area (Å²) in [6.45, 7) is 1.48. The molecule has 0 spiro atoms. The molecule has 1 N–H and O–H groups in total. The van der Waals surface area contributed by atoms with E-state index >= 15 is 0 Å². The van der Waals surface area contributed by atoms with Crippen LogP contribution >= 0.6 is 15.9 Å². The maximum atomic E-state index is 12.4. The van der Waals surface area contributed by atoms with Gasteiger partial charge in [0.05, 0.1) is 31.4 Å². The van der Waals surface area contributed by atoms with Crippen LogP contribution in [0, 0.1) is 6.92 Å². The summed E-state index contributed by atoms with van der Waals surface area (Å²) in [6, 6.07) is 8.76. The summed E-state index contributed by atoms with van der Waals surface area (Å²) in [4.78, 5) is 24.4. The van der Waals surface area contributed by atoms with Gasteiger partial charge in [-0.25, -0.2) is 4.79 Å². The number of aryl methyl sites for hydroxylation is 1. The topological polar surface area (TPSA) is 83.1 Å². The van der Waals surface area contributed by atoms with E-state index in [2.05, 4.69) is 21.2 Å². The molecule has 0 fully saturated rings. The minimum absolute atomic E-state index is 0.146. The van der Waals surface area contributed by atoms with E-state index in [1.54, 1.807) is 6.07 Å². The van der Waals surface area contributed by atoms with E-state index in [1.165, 1.54) is 27.4 Å². The number of esters is 1. The Morgan fingerprint density at radius 2 is 1.74 bits per heavy atom. The average Bonchev–Trinajstić information content (AvgIpc) is 2.65. The van der Waals surface area contributed by atoms with E-state index in [4.69, 9.17) is 18.9 Å². The minimum Gasteiger partial charge on any atom is -0.493 e. The molecular weight excluding hydrogens is 418 g/mol. The van der Waals surface area contributed by atoms with Gasteiger partial charge in [0, 0.05) is 5.69 Å². The number of amides is 1. The van der Waals surface area contributed by atoms with Gasteiger partial charge in [-0.3, -0.25) is 4.79 Å². The molecular formula is C19H20BrNO6.